The van der Waals surface area contributed by atoms with Crippen LogP contribution >= 0.6 is 0 Å². The summed E-state index contributed by atoms with van der Waals surface area (Å²) in [5.74, 6) is 0.834. The van der Waals surface area contributed by atoms with E-state index in [0.29, 0.717) is 32.3 Å². The number of likely N-dealkylation sites (tertiary alicyclic amines) is 1. The van der Waals surface area contributed by atoms with Crippen molar-refractivity contribution in [3.63, 3.8) is 0 Å². The second-order valence-electron chi connectivity index (χ2n) is 5.98. The smallest absolute Gasteiger partial charge is 0.409 e. The van der Waals surface area contributed by atoms with Gasteiger partial charge in [-0.1, -0.05) is 6.07 Å². The van der Waals surface area contributed by atoms with Gasteiger partial charge < -0.3 is 20.3 Å². The van der Waals surface area contributed by atoms with Crippen molar-refractivity contribution in [3.8, 4) is 0 Å². The number of carbonyl (C=O) groups excluding carboxylic acids is 1. The fraction of sp³-hybridized carbons (Fsp3) is 0.611. The van der Waals surface area contributed by atoms with Gasteiger partial charge in [0.2, 0.25) is 0 Å². The molecule has 0 radical (unpaired) electrons. The molecule has 0 atom stereocenters. The summed E-state index contributed by atoms with van der Waals surface area (Å²) in [6.07, 6.45) is 6.10. The van der Waals surface area contributed by atoms with Gasteiger partial charge in [0, 0.05) is 44.6 Å². The van der Waals surface area contributed by atoms with E-state index in [0.717, 1.165) is 31.8 Å². The molecule has 1 aliphatic heterocycles. The molecule has 1 aromatic heterocycles. The number of piperidine rings is 1. The highest BCUT2D eigenvalue weighted by molar-refractivity contribution is 5.80. The van der Waals surface area contributed by atoms with E-state index in [1.807, 2.05) is 19.2 Å². The van der Waals surface area contributed by atoms with Gasteiger partial charge in [-0.2, -0.15) is 0 Å². The molecule has 7 nitrogen and oxygen atoms in total. The number of carbonyl (C=O) groups is 1. The molecule has 1 aromatic rings. The number of pyridine rings is 1. The number of aliphatic imine (C=N–C) groups is 1. The summed E-state index contributed by atoms with van der Waals surface area (Å²) in [6.45, 7) is 7.27. The number of hydrogen-bond acceptors (Lipinski definition) is 4. The normalized spacial score (nSPS) is 15.8. The quantitative estimate of drug-likeness (QED) is 0.606. The summed E-state index contributed by atoms with van der Waals surface area (Å²) in [6, 6.07) is 4.33. The average Bonchev–Trinajstić information content (AvgIpc) is 2.63. The maximum Gasteiger partial charge on any atom is 0.409 e. The fourth-order valence-electron chi connectivity index (χ4n) is 2.78. The van der Waals surface area contributed by atoms with Crippen LogP contribution in [0.3, 0.4) is 0 Å². The summed E-state index contributed by atoms with van der Waals surface area (Å²) in [4.78, 5) is 22.3. The van der Waals surface area contributed by atoms with Gasteiger partial charge in [-0.3, -0.25) is 9.98 Å². The summed E-state index contributed by atoms with van der Waals surface area (Å²) in [5.41, 5.74) is 1.19. The third-order valence-corrected chi connectivity index (χ3v) is 4.10. The SMILES string of the molecule is CCNC(=NCCc1cccnc1)NC1CCN(C(=O)OCC)CC1. The molecule has 1 fully saturated rings. The lowest BCUT2D eigenvalue weighted by Gasteiger charge is -2.32. The number of nitrogens with zero attached hydrogens (tertiary/aromatic N) is 3. The lowest BCUT2D eigenvalue weighted by molar-refractivity contribution is 0.0963. The van der Waals surface area contributed by atoms with E-state index in [2.05, 4.69) is 33.6 Å². The van der Waals surface area contributed by atoms with Crippen molar-refractivity contribution in [2.75, 3.05) is 32.8 Å². The first-order valence-electron chi connectivity index (χ1n) is 9.08. The van der Waals surface area contributed by atoms with Crippen molar-refractivity contribution < 1.29 is 9.53 Å². The van der Waals surface area contributed by atoms with Crippen molar-refractivity contribution in [3.05, 3.63) is 30.1 Å². The molecule has 2 heterocycles. The molecule has 1 saturated heterocycles. The molecule has 0 bridgehead atoms. The van der Waals surface area contributed by atoms with Crippen molar-refractivity contribution in [1.29, 1.82) is 0 Å². The second-order valence-corrected chi connectivity index (χ2v) is 5.98. The Bertz CT molecular complexity index is 542. The number of nitrogens with one attached hydrogen (secondary N) is 2. The Morgan fingerprint density at radius 2 is 2.20 bits per heavy atom. The van der Waals surface area contributed by atoms with Crippen LogP contribution in [-0.2, 0) is 11.2 Å². The maximum atomic E-state index is 11.7. The topological polar surface area (TPSA) is 78.9 Å². The Morgan fingerprint density at radius 3 is 2.84 bits per heavy atom. The maximum absolute atomic E-state index is 11.7. The van der Waals surface area contributed by atoms with Crippen molar-refractivity contribution >= 4 is 12.1 Å². The number of ether oxygens (including phenoxy) is 1. The Hall–Kier alpha value is -2.31. The van der Waals surface area contributed by atoms with Crippen molar-refractivity contribution in [1.82, 2.24) is 20.5 Å². The van der Waals surface area contributed by atoms with Crippen LogP contribution in [0.15, 0.2) is 29.5 Å². The van der Waals surface area contributed by atoms with Crippen LogP contribution in [-0.4, -0.2) is 60.8 Å². The number of amides is 1. The van der Waals surface area contributed by atoms with E-state index in [4.69, 9.17) is 4.74 Å². The number of aromatic nitrogens is 1. The molecule has 1 amide bonds. The van der Waals surface area contributed by atoms with Gasteiger partial charge >= 0.3 is 6.09 Å². The highest BCUT2D eigenvalue weighted by Crippen LogP contribution is 2.11. The minimum atomic E-state index is -0.210. The van der Waals surface area contributed by atoms with Gasteiger partial charge in [-0.15, -0.1) is 0 Å². The summed E-state index contributed by atoms with van der Waals surface area (Å²) in [7, 11) is 0. The molecular weight excluding hydrogens is 318 g/mol. The van der Waals surface area contributed by atoms with E-state index in [1.54, 1.807) is 11.1 Å². The molecule has 138 valence electrons. The van der Waals surface area contributed by atoms with Gasteiger partial charge in [0.15, 0.2) is 5.96 Å². The van der Waals surface area contributed by atoms with Gasteiger partial charge in [-0.25, -0.2) is 4.79 Å². The lowest BCUT2D eigenvalue weighted by Crippen LogP contribution is -2.50. The second kappa shape index (κ2) is 10.5. The predicted molar refractivity (Wildman–Crippen MR) is 98.7 cm³/mol. The van der Waals surface area contributed by atoms with E-state index < -0.39 is 0 Å². The van der Waals surface area contributed by atoms with E-state index in [9.17, 15) is 4.79 Å². The van der Waals surface area contributed by atoms with Gasteiger partial charge in [0.25, 0.3) is 0 Å². The molecule has 1 aliphatic rings. The molecule has 0 unspecified atom stereocenters. The molecule has 7 heteroatoms. The van der Waals surface area contributed by atoms with E-state index in [-0.39, 0.29) is 6.09 Å². The molecule has 2 rings (SSSR count). The minimum absolute atomic E-state index is 0.210. The third kappa shape index (κ3) is 6.60. The minimum Gasteiger partial charge on any atom is -0.450 e. The summed E-state index contributed by atoms with van der Waals surface area (Å²) in [5, 5.41) is 6.77. The van der Waals surface area contributed by atoms with Crippen LogP contribution < -0.4 is 10.6 Å². The Labute approximate surface area is 149 Å². The van der Waals surface area contributed by atoms with Crippen LogP contribution in [0.1, 0.15) is 32.3 Å². The predicted octanol–water partition coefficient (Wildman–Crippen LogP) is 1.80. The van der Waals surface area contributed by atoms with Crippen LogP contribution in [0.2, 0.25) is 0 Å². The van der Waals surface area contributed by atoms with Crippen LogP contribution in [0.4, 0.5) is 4.79 Å². The number of guanidine groups is 1. The molecule has 25 heavy (non-hydrogen) atoms. The highest BCUT2D eigenvalue weighted by Gasteiger charge is 2.23. The molecule has 0 saturated carbocycles. The number of hydrogen-bond donors (Lipinski definition) is 2. The zero-order valence-electron chi connectivity index (χ0n) is 15.2. The molecule has 2 N–H and O–H groups in total. The third-order valence-electron chi connectivity index (χ3n) is 4.10. The monoisotopic (exact) mass is 347 g/mol. The first-order valence-corrected chi connectivity index (χ1v) is 9.08. The largest absolute Gasteiger partial charge is 0.450 e. The molecular formula is C18H29N5O2. The van der Waals surface area contributed by atoms with Gasteiger partial charge in [-0.05, 0) is 44.7 Å². The Kier molecular flexibility index (Phi) is 8.01. The summed E-state index contributed by atoms with van der Waals surface area (Å²) < 4.78 is 5.06. The standard InChI is InChI=1S/C18H29N5O2/c1-3-20-17(21-11-7-15-6-5-10-19-14-15)22-16-8-12-23(13-9-16)18(24)25-4-2/h5-6,10,14,16H,3-4,7-9,11-13H2,1-2H3,(H2,20,21,22). The zero-order valence-corrected chi connectivity index (χ0v) is 15.2. The Balaban J connectivity index is 1.79. The van der Waals surface area contributed by atoms with Crippen molar-refractivity contribution in [2.24, 2.45) is 4.99 Å². The molecule has 0 aliphatic carbocycles. The average molecular weight is 347 g/mol. The van der Waals surface area contributed by atoms with Crippen LogP contribution in [0.5, 0.6) is 0 Å². The summed E-state index contributed by atoms with van der Waals surface area (Å²) >= 11 is 0. The zero-order chi connectivity index (χ0) is 17.9. The first-order chi connectivity index (χ1) is 12.2. The van der Waals surface area contributed by atoms with Crippen LogP contribution in [0, 0.1) is 0 Å². The van der Waals surface area contributed by atoms with Gasteiger partial charge in [0.05, 0.1) is 6.61 Å². The van der Waals surface area contributed by atoms with Gasteiger partial charge in [0.1, 0.15) is 0 Å². The van der Waals surface area contributed by atoms with E-state index in [1.165, 1.54) is 5.56 Å². The van der Waals surface area contributed by atoms with Crippen molar-refractivity contribution in [2.45, 2.75) is 39.2 Å². The highest BCUT2D eigenvalue weighted by atomic mass is 16.6. The van der Waals surface area contributed by atoms with E-state index >= 15 is 0 Å². The molecule has 0 spiro atoms. The fourth-order valence-corrected chi connectivity index (χ4v) is 2.78. The first kappa shape index (κ1) is 19.0. The molecule has 0 aromatic carbocycles. The van der Waals surface area contributed by atoms with Crippen LogP contribution in [0.25, 0.3) is 0 Å². The lowest BCUT2D eigenvalue weighted by atomic mass is 10.1. The Morgan fingerprint density at radius 1 is 1.40 bits per heavy atom. The number of rotatable bonds is 6.